The molecular weight excluding hydrogens is 435 g/mol. The Labute approximate surface area is 181 Å². The summed E-state index contributed by atoms with van der Waals surface area (Å²) >= 11 is 5.93. The van der Waals surface area contributed by atoms with Crippen LogP contribution in [0.2, 0.25) is 5.02 Å². The Kier molecular flexibility index (Phi) is 6.26. The van der Waals surface area contributed by atoms with Gasteiger partial charge >= 0.3 is 18.2 Å². The van der Waals surface area contributed by atoms with Crippen LogP contribution in [0.15, 0.2) is 53.6 Å². The first kappa shape index (κ1) is 22.6. The monoisotopic (exact) mass is 453 g/mol. The van der Waals surface area contributed by atoms with Gasteiger partial charge in [-0.15, -0.1) is 0 Å². The summed E-state index contributed by atoms with van der Waals surface area (Å²) in [5, 5.41) is 8.49. The minimum Gasteiger partial charge on any atom is -0.468 e. The molecule has 0 radical (unpaired) electrons. The number of nitrogens with zero attached hydrogens (tertiary/aromatic N) is 2. The third-order valence-electron chi connectivity index (χ3n) is 4.81. The number of carbonyl (C=O) groups excluding carboxylic acids is 2. The summed E-state index contributed by atoms with van der Waals surface area (Å²) in [6.45, 7) is 1.54. The summed E-state index contributed by atoms with van der Waals surface area (Å²) in [4.78, 5) is 25.2. The van der Waals surface area contributed by atoms with E-state index in [2.05, 4.69) is 10.4 Å². The number of methoxy groups -OCH3 is 1. The van der Waals surface area contributed by atoms with E-state index < -0.39 is 30.0 Å². The van der Waals surface area contributed by atoms with Gasteiger partial charge in [0, 0.05) is 10.7 Å². The van der Waals surface area contributed by atoms with Gasteiger partial charge in [-0.2, -0.15) is 18.3 Å². The first-order valence-electron chi connectivity index (χ1n) is 9.19. The van der Waals surface area contributed by atoms with Crippen molar-refractivity contribution in [2.24, 2.45) is 10.5 Å². The Morgan fingerprint density at radius 3 is 2.32 bits per heavy atom. The lowest BCUT2D eigenvalue weighted by molar-refractivity contribution is -0.147. The summed E-state index contributed by atoms with van der Waals surface area (Å²) in [6.07, 6.45) is -5.37. The highest BCUT2D eigenvalue weighted by Crippen LogP contribution is 2.33. The van der Waals surface area contributed by atoms with E-state index in [0.717, 1.165) is 5.01 Å². The zero-order valence-electron chi connectivity index (χ0n) is 16.7. The molecule has 3 rings (SSSR count). The Morgan fingerprint density at radius 1 is 1.16 bits per heavy atom. The molecule has 6 nitrogen and oxygen atoms in total. The van der Waals surface area contributed by atoms with Gasteiger partial charge in [0.1, 0.15) is 5.41 Å². The SMILES string of the molecule is COC(=O)C1(C)CN(C(=O)Nc2ccc(CC(F)(F)F)cc2)N=C1c1ccc(Cl)cc1. The number of hydrogen-bond acceptors (Lipinski definition) is 4. The van der Waals surface area contributed by atoms with Crippen LogP contribution in [-0.4, -0.2) is 42.6 Å². The number of alkyl halides is 3. The fourth-order valence-corrected chi connectivity index (χ4v) is 3.38. The second-order valence-corrected chi connectivity index (χ2v) is 7.69. The second-order valence-electron chi connectivity index (χ2n) is 7.26. The molecule has 0 aromatic heterocycles. The van der Waals surface area contributed by atoms with Gasteiger partial charge in [-0.1, -0.05) is 35.9 Å². The lowest BCUT2D eigenvalue weighted by Crippen LogP contribution is -2.42. The van der Waals surface area contributed by atoms with Gasteiger partial charge in [0.15, 0.2) is 0 Å². The van der Waals surface area contributed by atoms with Crippen LogP contribution >= 0.6 is 11.6 Å². The maximum atomic E-state index is 12.7. The average Bonchev–Trinajstić information content (AvgIpc) is 3.07. The molecule has 1 atom stereocenters. The number of anilines is 1. The fraction of sp³-hybridized carbons (Fsp3) is 0.286. The van der Waals surface area contributed by atoms with Crippen LogP contribution in [0.4, 0.5) is 23.7 Å². The number of esters is 1. The fourth-order valence-electron chi connectivity index (χ4n) is 3.25. The first-order valence-corrected chi connectivity index (χ1v) is 9.57. The third kappa shape index (κ3) is 5.16. The van der Waals surface area contributed by atoms with Gasteiger partial charge in [0.05, 0.1) is 25.8 Å². The zero-order valence-corrected chi connectivity index (χ0v) is 17.4. The van der Waals surface area contributed by atoms with E-state index in [1.807, 2.05) is 0 Å². The van der Waals surface area contributed by atoms with Gasteiger partial charge in [0.25, 0.3) is 0 Å². The molecule has 1 heterocycles. The van der Waals surface area contributed by atoms with E-state index in [0.29, 0.717) is 22.0 Å². The van der Waals surface area contributed by atoms with E-state index in [1.165, 1.54) is 31.4 Å². The number of halogens is 4. The predicted molar refractivity (Wildman–Crippen MR) is 110 cm³/mol. The van der Waals surface area contributed by atoms with Crippen LogP contribution in [0.1, 0.15) is 18.1 Å². The average molecular weight is 454 g/mol. The van der Waals surface area contributed by atoms with Crippen molar-refractivity contribution in [3.8, 4) is 0 Å². The van der Waals surface area contributed by atoms with Crippen molar-refractivity contribution in [1.29, 1.82) is 0 Å². The summed E-state index contributed by atoms with van der Waals surface area (Å²) < 4.78 is 42.4. The number of nitrogens with one attached hydrogen (secondary N) is 1. The standard InChI is InChI=1S/C21H19ClF3N3O3/c1-20(18(29)31-2)12-28(27-17(20)14-5-7-15(22)8-6-14)19(30)26-16-9-3-13(4-10-16)11-21(23,24)25/h3-10H,11-12H2,1-2H3,(H,26,30). The highest BCUT2D eigenvalue weighted by Gasteiger charge is 2.48. The Morgan fingerprint density at radius 2 is 1.77 bits per heavy atom. The molecule has 0 fully saturated rings. The quantitative estimate of drug-likeness (QED) is 0.671. The molecule has 0 saturated carbocycles. The molecule has 2 amide bonds. The summed E-state index contributed by atoms with van der Waals surface area (Å²) in [6, 6.07) is 11.3. The molecule has 1 N–H and O–H groups in total. The number of rotatable bonds is 4. The van der Waals surface area contributed by atoms with Crippen molar-refractivity contribution in [1.82, 2.24) is 5.01 Å². The molecule has 1 unspecified atom stereocenters. The van der Waals surface area contributed by atoms with Crippen molar-refractivity contribution in [3.05, 3.63) is 64.7 Å². The molecule has 10 heteroatoms. The molecular formula is C21H19ClF3N3O3. The van der Waals surface area contributed by atoms with Gasteiger partial charge in [-0.3, -0.25) is 4.79 Å². The van der Waals surface area contributed by atoms with Gasteiger partial charge in [-0.05, 0) is 42.3 Å². The van der Waals surface area contributed by atoms with Crippen LogP contribution in [0.25, 0.3) is 0 Å². The van der Waals surface area contributed by atoms with Crippen LogP contribution < -0.4 is 5.32 Å². The molecule has 0 bridgehead atoms. The molecule has 2 aromatic rings. The number of hydrogen-bond donors (Lipinski definition) is 1. The number of carbonyl (C=O) groups is 2. The maximum Gasteiger partial charge on any atom is 0.393 e. The van der Waals surface area contributed by atoms with Crippen molar-refractivity contribution >= 4 is 35.0 Å². The Balaban J connectivity index is 1.81. The molecule has 1 aliphatic heterocycles. The summed E-state index contributed by atoms with van der Waals surface area (Å²) in [5.74, 6) is -0.562. The molecule has 2 aromatic carbocycles. The van der Waals surface area contributed by atoms with Gasteiger partial charge in [-0.25, -0.2) is 9.80 Å². The lowest BCUT2D eigenvalue weighted by atomic mass is 9.82. The van der Waals surface area contributed by atoms with E-state index in [4.69, 9.17) is 16.3 Å². The normalized spacial score (nSPS) is 18.5. The third-order valence-corrected chi connectivity index (χ3v) is 5.06. The highest BCUT2D eigenvalue weighted by atomic mass is 35.5. The van der Waals surface area contributed by atoms with Gasteiger partial charge < -0.3 is 10.1 Å². The van der Waals surface area contributed by atoms with Crippen LogP contribution in [0.3, 0.4) is 0 Å². The zero-order chi connectivity index (χ0) is 22.8. The van der Waals surface area contributed by atoms with Crippen molar-refractivity contribution < 1.29 is 27.5 Å². The minimum atomic E-state index is -4.31. The van der Waals surface area contributed by atoms with E-state index >= 15 is 0 Å². The Bertz CT molecular complexity index is 1010. The van der Waals surface area contributed by atoms with Gasteiger partial charge in [0.2, 0.25) is 0 Å². The largest absolute Gasteiger partial charge is 0.468 e. The van der Waals surface area contributed by atoms with Crippen molar-refractivity contribution in [2.75, 3.05) is 19.0 Å². The molecule has 31 heavy (non-hydrogen) atoms. The number of urea groups is 1. The molecule has 1 aliphatic rings. The molecule has 0 aliphatic carbocycles. The van der Waals surface area contributed by atoms with Crippen LogP contribution in [0.5, 0.6) is 0 Å². The van der Waals surface area contributed by atoms with E-state index in [1.54, 1.807) is 31.2 Å². The van der Waals surface area contributed by atoms with E-state index in [9.17, 15) is 22.8 Å². The van der Waals surface area contributed by atoms with Crippen LogP contribution in [0, 0.1) is 5.41 Å². The second kappa shape index (κ2) is 8.58. The maximum absolute atomic E-state index is 12.7. The Hall–Kier alpha value is -3.07. The summed E-state index contributed by atoms with van der Waals surface area (Å²) in [5.41, 5.74) is 0.103. The minimum absolute atomic E-state index is 0.0738. The summed E-state index contributed by atoms with van der Waals surface area (Å²) in [7, 11) is 1.25. The number of amides is 2. The topological polar surface area (TPSA) is 71.0 Å². The lowest BCUT2D eigenvalue weighted by Gasteiger charge is -2.23. The van der Waals surface area contributed by atoms with E-state index in [-0.39, 0.29) is 12.1 Å². The first-order chi connectivity index (χ1) is 14.5. The number of benzene rings is 2. The van der Waals surface area contributed by atoms with Crippen molar-refractivity contribution in [2.45, 2.75) is 19.5 Å². The number of ether oxygens (including phenoxy) is 1. The smallest absolute Gasteiger partial charge is 0.393 e. The molecule has 164 valence electrons. The molecule has 0 spiro atoms. The van der Waals surface area contributed by atoms with Crippen LogP contribution in [-0.2, 0) is 16.0 Å². The highest BCUT2D eigenvalue weighted by molar-refractivity contribution is 6.30. The van der Waals surface area contributed by atoms with Crippen molar-refractivity contribution in [3.63, 3.8) is 0 Å². The predicted octanol–water partition coefficient (Wildman–Crippen LogP) is 4.88. The molecule has 0 saturated heterocycles. The number of hydrazone groups is 1.